The van der Waals surface area contributed by atoms with E-state index < -0.39 is 54.6 Å². The Morgan fingerprint density at radius 1 is 0.755 bits per heavy atom. The zero-order valence-electron chi connectivity index (χ0n) is 32.7. The molecule has 5 amide bonds. The summed E-state index contributed by atoms with van der Waals surface area (Å²) in [6.07, 6.45) is 6.00. The molecule has 53 heavy (non-hydrogen) atoms. The largest absolute Gasteiger partial charge is 1.00 e. The zero-order chi connectivity index (χ0) is 41.9. The average molecular weight is 804 g/mol. The number of likely N-dealkylation sites (N-methyl/N-ethyl adjacent to an activating group) is 2. The van der Waals surface area contributed by atoms with Gasteiger partial charge in [-0.05, 0) is 71.9 Å². The summed E-state index contributed by atoms with van der Waals surface area (Å²) in [7, 11) is -5.05. The van der Waals surface area contributed by atoms with Crippen LogP contribution in [-0.4, -0.2) is 146 Å². The van der Waals surface area contributed by atoms with Crippen LogP contribution in [0.5, 0.6) is 0 Å². The van der Waals surface area contributed by atoms with Crippen molar-refractivity contribution in [3.8, 4) is 0 Å². The van der Waals surface area contributed by atoms with Gasteiger partial charge in [0.25, 0.3) is 10.1 Å². The third-order valence-corrected chi connectivity index (χ3v) is 7.90. The number of carbonyl (C=O) groups is 5. The van der Waals surface area contributed by atoms with Gasteiger partial charge in [-0.1, -0.05) is 32.9 Å². The Labute approximate surface area is 338 Å². The van der Waals surface area contributed by atoms with E-state index in [9.17, 15) is 45.4 Å². The Morgan fingerprint density at radius 3 is 1.36 bits per heavy atom. The van der Waals surface area contributed by atoms with Crippen LogP contribution in [0.25, 0.3) is 0 Å². The van der Waals surface area contributed by atoms with E-state index in [0.717, 1.165) is 25.2 Å². The molecule has 0 unspecified atom stereocenters. The van der Waals surface area contributed by atoms with Crippen LogP contribution in [0.2, 0.25) is 0 Å². The number of rotatable bonds is 13. The van der Waals surface area contributed by atoms with Gasteiger partial charge in [0, 0.05) is 45.8 Å². The molecule has 0 saturated carbocycles. The maximum absolute atomic E-state index is 10.9. The fourth-order valence-corrected chi connectivity index (χ4v) is 5.44. The molecule has 0 aromatic heterocycles. The van der Waals surface area contributed by atoms with E-state index in [4.69, 9.17) is 9.29 Å². The van der Waals surface area contributed by atoms with E-state index in [2.05, 4.69) is 43.5 Å². The Balaban J connectivity index is -0.000000183. The molecule has 1 aliphatic heterocycles. The molecule has 0 bridgehead atoms. The van der Waals surface area contributed by atoms with Crippen LogP contribution >= 0.6 is 0 Å². The number of carbonyl (C=O) groups excluding carboxylic acids is 5. The van der Waals surface area contributed by atoms with E-state index in [1.54, 1.807) is 23.9 Å². The van der Waals surface area contributed by atoms with Gasteiger partial charge in [0.15, 0.2) is 0 Å². The minimum Gasteiger partial charge on any atom is -0.748 e. The first-order chi connectivity index (χ1) is 23.6. The molecule has 0 aromatic carbocycles. The Kier molecular flexibility index (Phi) is 33.7. The van der Waals surface area contributed by atoms with E-state index >= 15 is 0 Å². The van der Waals surface area contributed by atoms with Crippen molar-refractivity contribution in [1.29, 1.82) is 0 Å². The van der Waals surface area contributed by atoms with Gasteiger partial charge in [-0.15, -0.1) is 0 Å². The van der Waals surface area contributed by atoms with Crippen LogP contribution in [0, 0.1) is 0 Å². The smallest absolute Gasteiger partial charge is 0.748 e. The van der Waals surface area contributed by atoms with Crippen LogP contribution in [0.1, 0.15) is 41.5 Å². The third-order valence-electron chi connectivity index (χ3n) is 5.74. The molecule has 17 nitrogen and oxygen atoms in total. The second kappa shape index (κ2) is 30.2. The summed E-state index contributed by atoms with van der Waals surface area (Å²) in [5.74, 6) is -2.19. The van der Waals surface area contributed by atoms with Crippen LogP contribution in [0.3, 0.4) is 0 Å². The Hall–Kier alpha value is -3.17. The number of nitrogens with one attached hydrogen (secondary N) is 2. The van der Waals surface area contributed by atoms with Crippen LogP contribution in [-0.2, 0) is 48.9 Å². The molecule has 300 valence electrons. The van der Waals surface area contributed by atoms with Gasteiger partial charge >= 0.3 is 29.6 Å². The van der Waals surface area contributed by atoms with Crippen LogP contribution < -0.4 is 40.2 Å². The van der Waals surface area contributed by atoms with Gasteiger partial charge < -0.3 is 34.6 Å². The second-order valence-corrected chi connectivity index (χ2v) is 14.7. The molecule has 1 aliphatic rings. The van der Waals surface area contributed by atoms with E-state index in [1.165, 1.54) is 50.8 Å². The third kappa shape index (κ3) is 38.4. The first-order valence-corrected chi connectivity index (χ1v) is 18.8. The van der Waals surface area contributed by atoms with Gasteiger partial charge in [0.05, 0.1) is 40.4 Å². The van der Waals surface area contributed by atoms with Gasteiger partial charge in [0.2, 0.25) is 29.5 Å². The Bertz CT molecular complexity index is 1360. The maximum Gasteiger partial charge on any atom is 1.00 e. The van der Waals surface area contributed by atoms with Crippen LogP contribution in [0.15, 0.2) is 63.3 Å². The van der Waals surface area contributed by atoms with Crippen molar-refractivity contribution in [2.45, 2.75) is 52.6 Å². The molecule has 20 heteroatoms. The quantitative estimate of drug-likeness (QED) is 0.103. The summed E-state index contributed by atoms with van der Waals surface area (Å²) in [6, 6.07) is 0. The monoisotopic (exact) mass is 803 g/mol. The second-order valence-electron chi connectivity index (χ2n) is 11.9. The fraction of sp³-hybridized carbons (Fsp3) is 0.545. The first-order valence-electron chi connectivity index (χ1n) is 15.6. The van der Waals surface area contributed by atoms with Crippen molar-refractivity contribution in [2.75, 3.05) is 65.0 Å². The van der Waals surface area contributed by atoms with Gasteiger partial charge in [0.1, 0.15) is 0 Å². The zero-order valence-corrected chi connectivity index (χ0v) is 36.3. The molecule has 0 radical (unpaired) electrons. The molecular formula is C33H58N5NaO12S2. The first kappa shape index (κ1) is 59.1. The Morgan fingerprint density at radius 2 is 1.13 bits per heavy atom. The number of amides is 5. The van der Waals surface area contributed by atoms with Crippen molar-refractivity contribution < 1.29 is 84.2 Å². The van der Waals surface area contributed by atoms with Gasteiger partial charge in [-0.2, -0.15) is 8.42 Å². The summed E-state index contributed by atoms with van der Waals surface area (Å²) in [6.45, 7) is 30.5. The summed E-state index contributed by atoms with van der Waals surface area (Å²) in [5, 5.41) is 4.69. The van der Waals surface area contributed by atoms with Crippen molar-refractivity contribution >= 4 is 49.8 Å². The minimum atomic E-state index is -4.33. The fourth-order valence-electron chi connectivity index (χ4n) is 3.50. The molecule has 0 aromatic rings. The predicted octanol–water partition coefficient (Wildman–Crippen LogP) is -2.10. The number of nitrogens with zero attached hydrogens (tertiary/aromatic N) is 3. The predicted molar refractivity (Wildman–Crippen MR) is 200 cm³/mol. The van der Waals surface area contributed by atoms with Crippen molar-refractivity contribution in [2.24, 2.45) is 0 Å². The molecule has 0 aliphatic carbocycles. The molecule has 0 spiro atoms. The van der Waals surface area contributed by atoms with Gasteiger partial charge in [-0.25, -0.2) is 8.42 Å². The molecule has 0 atom stereocenters. The van der Waals surface area contributed by atoms with E-state index in [-0.39, 0.29) is 47.3 Å². The van der Waals surface area contributed by atoms with Crippen molar-refractivity contribution in [1.82, 2.24) is 25.3 Å². The van der Waals surface area contributed by atoms with Crippen molar-refractivity contribution in [3.05, 3.63) is 63.3 Å². The summed E-state index contributed by atoms with van der Waals surface area (Å²) >= 11 is 0. The number of ether oxygens (including phenoxy) is 1. The summed E-state index contributed by atoms with van der Waals surface area (Å²) in [4.78, 5) is 58.5. The molecule has 1 heterocycles. The van der Waals surface area contributed by atoms with E-state index in [0.29, 0.717) is 26.3 Å². The normalized spacial score (nSPS) is 12.0. The maximum atomic E-state index is 10.9. The molecule has 1 rings (SSSR count). The minimum absolute atomic E-state index is 0. The standard InChI is InChI=1S/2C7H13NO4S.C7H11NO2.C7H13NO.C5H9NO.Na/c2*1-4-6(9)8-7(2,3)5-13(10,11)12;1-2-7(9)8-3-5-10-6-4-8;1-4-7(9)8(5-2)6-3;1-4-5(7)6(2)3;/h2*4H,1,5H2,2-3H3,(H,8,9)(H,10,11,12);2H,1,3-6H2;4H,1,5-6H2,2-3H3;4H,1H2,2-3H3;/q;;;;;+1/p-1. The molecular weight excluding hydrogens is 746 g/mol. The number of hydrogen-bond donors (Lipinski definition) is 3. The van der Waals surface area contributed by atoms with E-state index in [1.807, 2.05) is 13.8 Å². The topological polar surface area (TPSA) is 240 Å². The molecule has 1 fully saturated rings. The summed E-state index contributed by atoms with van der Waals surface area (Å²) in [5.41, 5.74) is -2.06. The number of hydrogen-bond acceptors (Lipinski definition) is 11. The number of morpholine rings is 1. The van der Waals surface area contributed by atoms with Gasteiger partial charge in [-0.3, -0.25) is 28.5 Å². The average Bonchev–Trinajstić information content (AvgIpc) is 3.03. The molecule has 3 N–H and O–H groups in total. The summed E-state index contributed by atoms with van der Waals surface area (Å²) < 4.78 is 65.7. The SMILES string of the molecule is C=CC(=O)N(C)C.C=CC(=O)N(CC)CC.C=CC(=O)N1CCOCC1.C=CC(=O)NC(C)(C)CS(=O)(=O)O.C=CC(=O)NC(C)(C)CS(=O)(=O)[O-].[Na+]. The molecule has 1 saturated heterocycles. The van der Waals surface area contributed by atoms with Crippen LogP contribution in [0.4, 0.5) is 0 Å². The van der Waals surface area contributed by atoms with Crippen molar-refractivity contribution in [3.63, 3.8) is 0 Å².